The minimum atomic E-state index is -1.08. The second-order valence-electron chi connectivity index (χ2n) is 5.81. The molecule has 0 aliphatic heterocycles. The van der Waals surface area contributed by atoms with Gasteiger partial charge in [0, 0.05) is 6.61 Å². The van der Waals surface area contributed by atoms with Gasteiger partial charge >= 0.3 is 14.5 Å². The first-order chi connectivity index (χ1) is 7.95. The highest BCUT2D eigenvalue weighted by Crippen LogP contribution is 2.17. The predicted octanol–water partition coefficient (Wildman–Crippen LogP) is 4.47. The van der Waals surface area contributed by atoms with Gasteiger partial charge in [0.25, 0.3) is 0 Å². The summed E-state index contributed by atoms with van der Waals surface area (Å²) in [5, 5.41) is 2.53. The topological polar surface area (TPSA) is 18.5 Å². The van der Waals surface area contributed by atoms with Crippen molar-refractivity contribution >= 4 is 14.5 Å². The van der Waals surface area contributed by atoms with E-state index in [1.807, 2.05) is 0 Å². The molecule has 0 aliphatic carbocycles. The average Bonchev–Trinajstić information content (AvgIpc) is 2.15. The lowest BCUT2D eigenvalue weighted by atomic mass is 10.3. The number of hydrogen-bond acceptors (Lipinski definition) is 2. The molecule has 3 heteroatoms. The highest BCUT2D eigenvalue weighted by Gasteiger charge is 2.25. The van der Waals surface area contributed by atoms with E-state index >= 15 is 0 Å². The second kappa shape index (κ2) is 10.4. The number of ether oxygens (including phenoxy) is 1. The Balaban J connectivity index is 3.94. The lowest BCUT2D eigenvalue weighted by Gasteiger charge is -2.22. The Bertz CT molecular complexity index is 162. The SMILES string of the molecule is CCCCOC(C)[O][Al]([CH2]C(C)C)[CH2]C(C)C. The summed E-state index contributed by atoms with van der Waals surface area (Å²) in [5.41, 5.74) is 0. The van der Waals surface area contributed by atoms with E-state index in [9.17, 15) is 0 Å². The largest absolute Gasteiger partial charge is 0.478 e. The van der Waals surface area contributed by atoms with Gasteiger partial charge in [-0.25, -0.2) is 0 Å². The lowest BCUT2D eigenvalue weighted by Crippen LogP contribution is -2.28. The number of unbranched alkanes of at least 4 members (excludes halogenated alkanes) is 1. The molecule has 1 atom stereocenters. The Labute approximate surface area is 113 Å². The van der Waals surface area contributed by atoms with Crippen molar-refractivity contribution in [1.29, 1.82) is 0 Å². The summed E-state index contributed by atoms with van der Waals surface area (Å²) in [7, 11) is 0. The normalized spacial score (nSPS) is 13.4. The van der Waals surface area contributed by atoms with Crippen LogP contribution in [0.4, 0.5) is 0 Å². The fourth-order valence-electron chi connectivity index (χ4n) is 1.96. The Kier molecular flexibility index (Phi) is 10.7. The van der Waals surface area contributed by atoms with Crippen molar-refractivity contribution < 1.29 is 8.53 Å². The minimum Gasteiger partial charge on any atom is -0.478 e. The fraction of sp³-hybridized carbons (Fsp3) is 1.00. The van der Waals surface area contributed by atoms with E-state index in [2.05, 4.69) is 41.5 Å². The zero-order valence-electron chi connectivity index (χ0n) is 12.7. The fourth-order valence-corrected chi connectivity index (χ4v) is 5.10. The highest BCUT2D eigenvalue weighted by atomic mass is 27.2. The van der Waals surface area contributed by atoms with E-state index in [1.165, 1.54) is 17.0 Å². The molecule has 0 aromatic carbocycles. The summed E-state index contributed by atoms with van der Waals surface area (Å²) >= 11 is -1.08. The van der Waals surface area contributed by atoms with E-state index < -0.39 is 14.5 Å². The number of rotatable bonds is 10. The van der Waals surface area contributed by atoms with Crippen LogP contribution in [0, 0.1) is 11.8 Å². The van der Waals surface area contributed by atoms with Gasteiger partial charge in [-0.05, 0) is 13.3 Å². The predicted molar refractivity (Wildman–Crippen MR) is 76.5 cm³/mol. The van der Waals surface area contributed by atoms with Crippen LogP contribution in [0.5, 0.6) is 0 Å². The van der Waals surface area contributed by atoms with Gasteiger partial charge in [-0.3, -0.25) is 0 Å². The number of hydrogen-bond donors (Lipinski definition) is 0. The standard InChI is InChI=1S/C6H13O2.2C4H9.Al/c1-3-4-5-8-6(2)7;2*1-4(2)3;/h6H,3-5H2,1-2H3;2*4H,1H2,2-3H3;/q-1;;;+1. The Morgan fingerprint density at radius 1 is 0.941 bits per heavy atom. The molecule has 17 heavy (non-hydrogen) atoms. The molecule has 0 aliphatic rings. The molecular formula is C14H31AlO2. The molecule has 0 bridgehead atoms. The molecule has 0 saturated carbocycles. The summed E-state index contributed by atoms with van der Waals surface area (Å²) in [6.45, 7) is 14.2. The highest BCUT2D eigenvalue weighted by molar-refractivity contribution is 6.51. The molecule has 0 spiro atoms. The van der Waals surface area contributed by atoms with Gasteiger partial charge in [0.2, 0.25) is 0 Å². The van der Waals surface area contributed by atoms with Crippen LogP contribution in [0.3, 0.4) is 0 Å². The second-order valence-corrected chi connectivity index (χ2v) is 8.27. The van der Waals surface area contributed by atoms with Gasteiger partial charge in [-0.15, -0.1) is 0 Å². The van der Waals surface area contributed by atoms with E-state index in [0.29, 0.717) is 0 Å². The lowest BCUT2D eigenvalue weighted by molar-refractivity contribution is -0.0709. The van der Waals surface area contributed by atoms with Crippen LogP contribution in [0.2, 0.25) is 10.6 Å². The van der Waals surface area contributed by atoms with E-state index in [-0.39, 0.29) is 6.29 Å². The maximum Gasteiger partial charge on any atom is 0.463 e. The summed E-state index contributed by atoms with van der Waals surface area (Å²) < 4.78 is 11.8. The molecule has 0 rings (SSSR count). The molecule has 0 fully saturated rings. The van der Waals surface area contributed by atoms with Crippen molar-refractivity contribution in [3.63, 3.8) is 0 Å². The smallest absolute Gasteiger partial charge is 0.463 e. The molecule has 0 amide bonds. The monoisotopic (exact) mass is 258 g/mol. The first kappa shape index (κ1) is 17.5. The van der Waals surface area contributed by atoms with Crippen LogP contribution in [-0.2, 0) is 8.53 Å². The summed E-state index contributed by atoms with van der Waals surface area (Å²) in [6.07, 6.45) is 2.32. The van der Waals surface area contributed by atoms with Gasteiger partial charge in [0.15, 0.2) is 0 Å². The van der Waals surface area contributed by atoms with Crippen molar-refractivity contribution in [2.24, 2.45) is 11.8 Å². The summed E-state index contributed by atoms with van der Waals surface area (Å²) in [6, 6.07) is 0. The quantitative estimate of drug-likeness (QED) is 0.327. The zero-order valence-corrected chi connectivity index (χ0v) is 13.8. The maximum atomic E-state index is 6.14. The van der Waals surface area contributed by atoms with Gasteiger partial charge in [-0.1, -0.05) is 63.4 Å². The van der Waals surface area contributed by atoms with Crippen LogP contribution in [0.25, 0.3) is 0 Å². The van der Waals surface area contributed by atoms with Crippen molar-refractivity contribution in [1.82, 2.24) is 0 Å². The third kappa shape index (κ3) is 11.3. The van der Waals surface area contributed by atoms with Gasteiger partial charge in [0.1, 0.15) is 6.29 Å². The third-order valence-electron chi connectivity index (χ3n) is 2.70. The molecular weight excluding hydrogens is 227 g/mol. The maximum absolute atomic E-state index is 6.14. The first-order valence-electron chi connectivity index (χ1n) is 7.22. The van der Waals surface area contributed by atoms with Gasteiger partial charge < -0.3 is 8.53 Å². The van der Waals surface area contributed by atoms with Crippen LogP contribution >= 0.6 is 0 Å². The minimum absolute atomic E-state index is 0.00397. The molecule has 1 unspecified atom stereocenters. The third-order valence-corrected chi connectivity index (χ3v) is 6.41. The van der Waals surface area contributed by atoms with Crippen LogP contribution in [-0.4, -0.2) is 27.4 Å². The Morgan fingerprint density at radius 3 is 1.88 bits per heavy atom. The van der Waals surface area contributed by atoms with Gasteiger partial charge in [-0.2, -0.15) is 0 Å². The van der Waals surface area contributed by atoms with E-state index in [1.54, 1.807) is 0 Å². The average molecular weight is 258 g/mol. The molecule has 0 heterocycles. The summed E-state index contributed by atoms with van der Waals surface area (Å²) in [5.74, 6) is 1.49. The van der Waals surface area contributed by atoms with E-state index in [4.69, 9.17) is 8.53 Å². The molecule has 0 aromatic rings. The molecule has 2 nitrogen and oxygen atoms in total. The zero-order chi connectivity index (χ0) is 13.3. The van der Waals surface area contributed by atoms with Crippen LogP contribution in [0.15, 0.2) is 0 Å². The first-order valence-corrected chi connectivity index (χ1v) is 9.33. The van der Waals surface area contributed by atoms with Crippen molar-refractivity contribution in [3.05, 3.63) is 0 Å². The van der Waals surface area contributed by atoms with Crippen molar-refractivity contribution in [3.8, 4) is 0 Å². The van der Waals surface area contributed by atoms with Crippen LogP contribution in [0.1, 0.15) is 54.4 Å². The molecule has 0 aromatic heterocycles. The van der Waals surface area contributed by atoms with Crippen LogP contribution < -0.4 is 0 Å². The van der Waals surface area contributed by atoms with Crippen molar-refractivity contribution in [2.75, 3.05) is 6.61 Å². The van der Waals surface area contributed by atoms with E-state index in [0.717, 1.165) is 24.9 Å². The van der Waals surface area contributed by atoms with Gasteiger partial charge in [0.05, 0.1) is 0 Å². The Morgan fingerprint density at radius 2 is 1.47 bits per heavy atom. The van der Waals surface area contributed by atoms with Crippen molar-refractivity contribution in [2.45, 2.75) is 71.2 Å². The summed E-state index contributed by atoms with van der Waals surface area (Å²) in [4.78, 5) is 0. The molecule has 0 radical (unpaired) electrons. The molecule has 0 N–H and O–H groups in total. The Hall–Kier alpha value is 0.452. The molecule has 0 saturated heterocycles. The molecule has 102 valence electrons.